The van der Waals surface area contributed by atoms with E-state index >= 15 is 0 Å². The number of carbonyl (C=O) groups excluding carboxylic acids is 1. The third-order valence-electron chi connectivity index (χ3n) is 2.99. The van der Waals surface area contributed by atoms with Crippen LogP contribution in [0.1, 0.15) is 28.4 Å². The molecular weight excluding hydrogens is 241 g/mol. The zero-order valence-electron chi connectivity index (χ0n) is 11.0. The van der Waals surface area contributed by atoms with Crippen LogP contribution >= 0.6 is 0 Å². The van der Waals surface area contributed by atoms with Crippen LogP contribution in [0.3, 0.4) is 0 Å². The fraction of sp³-hybridized carbons (Fsp3) is 0.188. The molecule has 0 aromatic heterocycles. The molecule has 0 spiro atoms. The number of nitrogens with one attached hydrogen (secondary N) is 1. The maximum atomic E-state index is 13.7. The molecule has 0 saturated carbocycles. The van der Waals surface area contributed by atoms with Crippen LogP contribution < -0.4 is 5.32 Å². The molecule has 1 amide bonds. The Morgan fingerprint density at radius 3 is 2.42 bits per heavy atom. The number of anilines is 1. The number of hydrogen-bond acceptors (Lipinski definition) is 1. The highest BCUT2D eigenvalue weighted by atomic mass is 19.1. The van der Waals surface area contributed by atoms with Crippen molar-refractivity contribution in [2.75, 3.05) is 5.32 Å². The molecule has 0 bridgehead atoms. The Labute approximate surface area is 112 Å². The molecule has 2 aromatic rings. The molecule has 0 aliphatic heterocycles. The van der Waals surface area contributed by atoms with Crippen molar-refractivity contribution in [3.8, 4) is 0 Å². The van der Waals surface area contributed by atoms with Crippen molar-refractivity contribution in [3.63, 3.8) is 0 Å². The zero-order chi connectivity index (χ0) is 13.8. The maximum absolute atomic E-state index is 13.7. The highest BCUT2D eigenvalue weighted by Crippen LogP contribution is 2.14. The molecule has 0 heterocycles. The largest absolute Gasteiger partial charge is 0.322 e. The van der Waals surface area contributed by atoms with Crippen LogP contribution in [-0.2, 0) is 6.42 Å². The smallest absolute Gasteiger partial charge is 0.258 e. The van der Waals surface area contributed by atoms with E-state index in [1.165, 1.54) is 17.7 Å². The van der Waals surface area contributed by atoms with E-state index in [0.717, 1.165) is 12.0 Å². The van der Waals surface area contributed by atoms with Gasteiger partial charge in [0.05, 0.1) is 5.56 Å². The van der Waals surface area contributed by atoms with Crippen molar-refractivity contribution < 1.29 is 9.18 Å². The Kier molecular flexibility index (Phi) is 3.95. The average molecular weight is 257 g/mol. The number of halogens is 1. The summed E-state index contributed by atoms with van der Waals surface area (Å²) in [5.74, 6) is -0.926. The lowest BCUT2D eigenvalue weighted by molar-refractivity contribution is 0.102. The maximum Gasteiger partial charge on any atom is 0.258 e. The molecule has 1 N–H and O–H groups in total. The van der Waals surface area contributed by atoms with Crippen LogP contribution in [0.2, 0.25) is 0 Å². The predicted octanol–water partition coefficient (Wildman–Crippen LogP) is 3.95. The first-order chi connectivity index (χ1) is 9.10. The van der Waals surface area contributed by atoms with Gasteiger partial charge in [-0.1, -0.05) is 25.1 Å². The van der Waals surface area contributed by atoms with Gasteiger partial charge in [0.15, 0.2) is 0 Å². The minimum absolute atomic E-state index is 0.0603. The Morgan fingerprint density at radius 2 is 1.84 bits per heavy atom. The van der Waals surface area contributed by atoms with E-state index in [1.807, 2.05) is 24.3 Å². The van der Waals surface area contributed by atoms with Crippen LogP contribution in [0.5, 0.6) is 0 Å². The van der Waals surface area contributed by atoms with Crippen molar-refractivity contribution in [3.05, 3.63) is 65.0 Å². The van der Waals surface area contributed by atoms with Crippen molar-refractivity contribution in [1.29, 1.82) is 0 Å². The van der Waals surface area contributed by atoms with Gasteiger partial charge < -0.3 is 5.32 Å². The van der Waals surface area contributed by atoms with Crippen LogP contribution in [-0.4, -0.2) is 5.91 Å². The number of carbonyl (C=O) groups is 1. The van der Waals surface area contributed by atoms with Crippen molar-refractivity contribution >= 4 is 11.6 Å². The lowest BCUT2D eigenvalue weighted by Gasteiger charge is -2.07. The predicted molar refractivity (Wildman–Crippen MR) is 74.9 cm³/mol. The van der Waals surface area contributed by atoms with E-state index < -0.39 is 11.7 Å². The number of benzene rings is 2. The summed E-state index contributed by atoms with van der Waals surface area (Å²) in [6.45, 7) is 3.85. The van der Waals surface area contributed by atoms with Gasteiger partial charge in [-0.3, -0.25) is 4.79 Å². The summed E-state index contributed by atoms with van der Waals surface area (Å²) in [6.07, 6.45) is 0.945. The van der Waals surface area contributed by atoms with E-state index in [9.17, 15) is 9.18 Å². The zero-order valence-corrected chi connectivity index (χ0v) is 11.0. The molecule has 0 radical (unpaired) electrons. The lowest BCUT2D eigenvalue weighted by atomic mass is 10.1. The van der Waals surface area contributed by atoms with Gasteiger partial charge in [0.1, 0.15) is 5.82 Å². The molecule has 0 atom stereocenters. The van der Waals surface area contributed by atoms with Crippen molar-refractivity contribution in [2.24, 2.45) is 0 Å². The van der Waals surface area contributed by atoms with Crippen LogP contribution in [0.4, 0.5) is 10.1 Å². The Morgan fingerprint density at radius 1 is 1.16 bits per heavy atom. The number of aryl methyl sites for hydroxylation is 2. The quantitative estimate of drug-likeness (QED) is 0.886. The minimum atomic E-state index is -0.498. The molecule has 19 heavy (non-hydrogen) atoms. The summed E-state index contributed by atoms with van der Waals surface area (Å²) in [5, 5.41) is 2.69. The van der Waals surface area contributed by atoms with Gasteiger partial charge in [0.2, 0.25) is 0 Å². The van der Waals surface area contributed by atoms with Gasteiger partial charge >= 0.3 is 0 Å². The van der Waals surface area contributed by atoms with E-state index in [2.05, 4.69) is 12.2 Å². The van der Waals surface area contributed by atoms with E-state index in [4.69, 9.17) is 0 Å². The van der Waals surface area contributed by atoms with Gasteiger partial charge in [-0.15, -0.1) is 0 Å². The normalized spacial score (nSPS) is 10.3. The van der Waals surface area contributed by atoms with Gasteiger partial charge in [0, 0.05) is 5.69 Å². The second-order valence-electron chi connectivity index (χ2n) is 4.49. The van der Waals surface area contributed by atoms with E-state index in [-0.39, 0.29) is 5.56 Å². The van der Waals surface area contributed by atoms with Crippen LogP contribution in [0, 0.1) is 12.7 Å². The summed E-state index contributed by atoms with van der Waals surface area (Å²) in [4.78, 5) is 11.9. The Balaban J connectivity index is 2.15. The third-order valence-corrected chi connectivity index (χ3v) is 2.99. The van der Waals surface area contributed by atoms with E-state index in [0.29, 0.717) is 5.69 Å². The van der Waals surface area contributed by atoms with Crippen molar-refractivity contribution in [1.82, 2.24) is 0 Å². The number of amides is 1. The van der Waals surface area contributed by atoms with E-state index in [1.54, 1.807) is 13.0 Å². The van der Waals surface area contributed by atoms with Gasteiger partial charge in [-0.05, 0) is 48.7 Å². The Hall–Kier alpha value is -2.16. The molecule has 98 valence electrons. The topological polar surface area (TPSA) is 29.1 Å². The van der Waals surface area contributed by atoms with Crippen LogP contribution in [0.15, 0.2) is 42.5 Å². The monoisotopic (exact) mass is 257 g/mol. The second-order valence-corrected chi connectivity index (χ2v) is 4.49. The molecule has 3 heteroatoms. The average Bonchev–Trinajstić information content (AvgIpc) is 2.39. The molecule has 0 fully saturated rings. The third kappa shape index (κ3) is 3.19. The number of rotatable bonds is 3. The first-order valence-electron chi connectivity index (χ1n) is 6.26. The summed E-state index contributed by atoms with van der Waals surface area (Å²) in [6, 6.07) is 12.1. The van der Waals surface area contributed by atoms with Gasteiger partial charge in [-0.2, -0.15) is 0 Å². The fourth-order valence-electron chi connectivity index (χ4n) is 1.83. The lowest BCUT2D eigenvalue weighted by Crippen LogP contribution is -2.13. The molecule has 0 unspecified atom stereocenters. The molecule has 2 aromatic carbocycles. The minimum Gasteiger partial charge on any atom is -0.322 e. The SMILES string of the molecule is CCc1ccc(NC(=O)c2ccc(C)cc2F)cc1. The first-order valence-corrected chi connectivity index (χ1v) is 6.26. The van der Waals surface area contributed by atoms with Gasteiger partial charge in [0.25, 0.3) is 5.91 Å². The molecule has 0 saturated heterocycles. The number of hydrogen-bond donors (Lipinski definition) is 1. The van der Waals surface area contributed by atoms with Crippen LogP contribution in [0.25, 0.3) is 0 Å². The second kappa shape index (κ2) is 5.65. The molecular formula is C16H16FNO. The Bertz CT molecular complexity index is 590. The highest BCUT2D eigenvalue weighted by molar-refractivity contribution is 6.04. The fourth-order valence-corrected chi connectivity index (χ4v) is 1.83. The van der Waals surface area contributed by atoms with Gasteiger partial charge in [-0.25, -0.2) is 4.39 Å². The molecule has 2 nitrogen and oxygen atoms in total. The summed E-state index contributed by atoms with van der Waals surface area (Å²) in [7, 11) is 0. The standard InChI is InChI=1S/C16H16FNO/c1-3-12-5-7-13(8-6-12)18-16(19)14-9-4-11(2)10-15(14)17/h4-10H,3H2,1-2H3,(H,18,19). The summed E-state index contributed by atoms with van der Waals surface area (Å²) < 4.78 is 13.7. The van der Waals surface area contributed by atoms with Crippen molar-refractivity contribution in [2.45, 2.75) is 20.3 Å². The molecule has 0 aliphatic rings. The highest BCUT2D eigenvalue weighted by Gasteiger charge is 2.11. The molecule has 2 rings (SSSR count). The summed E-state index contributed by atoms with van der Waals surface area (Å²) >= 11 is 0. The first kappa shape index (κ1) is 13.3. The molecule has 0 aliphatic carbocycles. The summed E-state index contributed by atoms with van der Waals surface area (Å²) in [5.41, 5.74) is 2.72.